The van der Waals surface area contributed by atoms with Crippen LogP contribution in [0.2, 0.25) is 0 Å². The molecule has 0 spiro atoms. The molecule has 2 atom stereocenters. The number of aromatic nitrogens is 5. The normalized spacial score (nSPS) is 19.7. The molecular weight excluding hydrogens is 575 g/mol. The highest BCUT2D eigenvalue weighted by Crippen LogP contribution is 2.36. The number of benzene rings is 2. The summed E-state index contributed by atoms with van der Waals surface area (Å²) < 4.78 is 54.4. The molecule has 2 fully saturated rings. The van der Waals surface area contributed by atoms with E-state index in [2.05, 4.69) is 24.8 Å². The van der Waals surface area contributed by atoms with Gasteiger partial charge in [0.1, 0.15) is 11.9 Å². The van der Waals surface area contributed by atoms with Crippen LogP contribution in [0.3, 0.4) is 0 Å². The average molecular weight is 606 g/mol. The molecule has 0 saturated carbocycles. The molecule has 1 N–H and O–H groups in total. The zero-order chi connectivity index (χ0) is 30.4. The summed E-state index contributed by atoms with van der Waals surface area (Å²) in [7, 11) is 1.54. The highest BCUT2D eigenvalue weighted by molar-refractivity contribution is 5.90. The molecule has 10 nitrogen and oxygen atoms in total. The Morgan fingerprint density at radius 1 is 1.09 bits per heavy atom. The summed E-state index contributed by atoms with van der Waals surface area (Å²) in [6, 6.07) is 14.3. The molecule has 2 aromatic carbocycles. The Morgan fingerprint density at radius 2 is 1.89 bits per heavy atom. The number of hydrogen-bond acceptors (Lipinski definition) is 7. The average Bonchev–Trinajstić information content (AvgIpc) is 3.80. The SMILES string of the molecule is COc1nc2ccccc2cc1-c1cnc(C2CN(CC3CCOC3)CCN2C(=O)n2c(C(F)(F)F)nc3ccccc32)[nH]1. The molecule has 228 valence electrons. The smallest absolute Gasteiger partial charge is 0.450 e. The first-order valence-corrected chi connectivity index (χ1v) is 14.4. The van der Waals surface area contributed by atoms with Crippen LogP contribution in [0.15, 0.2) is 60.8 Å². The van der Waals surface area contributed by atoms with Crippen LogP contribution >= 0.6 is 0 Å². The molecule has 1 amide bonds. The van der Waals surface area contributed by atoms with Crippen molar-refractivity contribution in [2.45, 2.75) is 18.6 Å². The fourth-order valence-electron chi connectivity index (χ4n) is 6.19. The van der Waals surface area contributed by atoms with Crippen LogP contribution < -0.4 is 4.74 Å². The summed E-state index contributed by atoms with van der Waals surface area (Å²) >= 11 is 0. The van der Waals surface area contributed by atoms with Crippen molar-refractivity contribution in [3.8, 4) is 17.1 Å². The van der Waals surface area contributed by atoms with E-state index >= 15 is 0 Å². The Bertz CT molecular complexity index is 1830. The van der Waals surface area contributed by atoms with E-state index in [9.17, 15) is 18.0 Å². The molecule has 0 aliphatic carbocycles. The first-order chi connectivity index (χ1) is 21.3. The Kier molecular flexibility index (Phi) is 7.21. The van der Waals surface area contributed by atoms with E-state index in [0.29, 0.717) is 59.8 Å². The van der Waals surface area contributed by atoms with Crippen molar-refractivity contribution < 1.29 is 27.4 Å². The first kappa shape index (κ1) is 28.3. The number of para-hydroxylation sites is 3. The molecule has 5 aromatic rings. The Labute approximate surface area is 250 Å². The lowest BCUT2D eigenvalue weighted by atomic mass is 10.1. The number of piperazine rings is 1. The van der Waals surface area contributed by atoms with Crippen LogP contribution in [0, 0.1) is 5.92 Å². The molecule has 2 saturated heterocycles. The number of carbonyl (C=O) groups is 1. The second kappa shape index (κ2) is 11.2. The molecular formula is C31H30F3N7O3. The van der Waals surface area contributed by atoms with E-state index in [1.807, 2.05) is 30.3 Å². The van der Waals surface area contributed by atoms with Crippen molar-refractivity contribution in [1.29, 1.82) is 0 Å². The fraction of sp³-hybridized carbons (Fsp3) is 0.355. The van der Waals surface area contributed by atoms with Crippen molar-refractivity contribution in [3.05, 3.63) is 72.4 Å². The number of rotatable bonds is 5. The van der Waals surface area contributed by atoms with Crippen molar-refractivity contribution in [3.63, 3.8) is 0 Å². The number of methoxy groups -OCH3 is 1. The maximum Gasteiger partial charge on any atom is 0.450 e. The van der Waals surface area contributed by atoms with E-state index in [1.165, 1.54) is 24.1 Å². The molecule has 13 heteroatoms. The number of carbonyl (C=O) groups excluding carboxylic acids is 1. The van der Waals surface area contributed by atoms with Crippen molar-refractivity contribution in [1.82, 2.24) is 34.3 Å². The minimum Gasteiger partial charge on any atom is -0.480 e. The topological polar surface area (TPSA) is 101 Å². The van der Waals surface area contributed by atoms with Crippen LogP contribution in [0.5, 0.6) is 5.88 Å². The predicted molar refractivity (Wildman–Crippen MR) is 156 cm³/mol. The van der Waals surface area contributed by atoms with Crippen molar-refractivity contribution >= 4 is 28.0 Å². The third-order valence-electron chi connectivity index (χ3n) is 8.34. The number of fused-ring (bicyclic) bond motifs is 2. The minimum absolute atomic E-state index is 0.0979. The van der Waals surface area contributed by atoms with E-state index in [0.717, 1.165) is 23.9 Å². The van der Waals surface area contributed by atoms with Crippen LogP contribution in [0.4, 0.5) is 18.0 Å². The monoisotopic (exact) mass is 605 g/mol. The van der Waals surface area contributed by atoms with Gasteiger partial charge in [-0.3, -0.25) is 4.90 Å². The Balaban J connectivity index is 1.28. The summed E-state index contributed by atoms with van der Waals surface area (Å²) in [6.07, 6.45) is -2.24. The van der Waals surface area contributed by atoms with E-state index < -0.39 is 24.1 Å². The van der Waals surface area contributed by atoms with Crippen LogP contribution in [0.25, 0.3) is 33.2 Å². The molecule has 0 radical (unpaired) electrons. The van der Waals surface area contributed by atoms with E-state index in [1.54, 1.807) is 18.3 Å². The third-order valence-corrected chi connectivity index (χ3v) is 8.34. The molecule has 2 aliphatic heterocycles. The van der Waals surface area contributed by atoms with Gasteiger partial charge in [-0.15, -0.1) is 0 Å². The number of aromatic amines is 1. The quantitative estimate of drug-likeness (QED) is 0.288. The van der Waals surface area contributed by atoms with Crippen LogP contribution in [-0.4, -0.2) is 86.8 Å². The third kappa shape index (κ3) is 5.15. The largest absolute Gasteiger partial charge is 0.480 e. The van der Waals surface area contributed by atoms with E-state index in [4.69, 9.17) is 9.47 Å². The maximum atomic E-state index is 14.2. The first-order valence-electron chi connectivity index (χ1n) is 14.4. The highest BCUT2D eigenvalue weighted by Gasteiger charge is 2.43. The van der Waals surface area contributed by atoms with Gasteiger partial charge in [0.25, 0.3) is 0 Å². The number of nitrogens with one attached hydrogen (secondary N) is 1. The lowest BCUT2D eigenvalue weighted by molar-refractivity contribution is -0.146. The van der Waals surface area contributed by atoms with Gasteiger partial charge in [-0.2, -0.15) is 13.2 Å². The molecule has 0 bridgehead atoms. The maximum absolute atomic E-state index is 14.2. The number of amides is 1. The molecule has 5 heterocycles. The standard InChI is InChI=1S/C31H30F3N7O3/c1-43-28-21(14-20-6-2-3-7-22(20)37-28)24-15-35-27(36-24)26-17-39(16-19-10-13-44-18-19)11-12-40(26)30(42)41-25-9-5-4-8-23(25)38-29(41)31(32,33)34/h2-9,14-15,19,26H,10-13,16-18H2,1H3,(H,35,36). The summed E-state index contributed by atoms with van der Waals surface area (Å²) in [5.41, 5.74) is 2.27. The van der Waals surface area contributed by atoms with Gasteiger partial charge in [-0.25, -0.2) is 24.3 Å². The van der Waals surface area contributed by atoms with Gasteiger partial charge in [0.2, 0.25) is 11.7 Å². The van der Waals surface area contributed by atoms with Gasteiger partial charge in [0.05, 0.1) is 47.7 Å². The molecule has 3 aromatic heterocycles. The van der Waals surface area contributed by atoms with Gasteiger partial charge in [0, 0.05) is 38.2 Å². The number of halogens is 3. The zero-order valence-electron chi connectivity index (χ0n) is 23.9. The molecule has 44 heavy (non-hydrogen) atoms. The van der Waals surface area contributed by atoms with Gasteiger partial charge in [0.15, 0.2) is 0 Å². The van der Waals surface area contributed by atoms with Gasteiger partial charge >= 0.3 is 12.2 Å². The number of nitrogens with zero attached hydrogens (tertiary/aromatic N) is 6. The minimum atomic E-state index is -4.83. The lowest BCUT2D eigenvalue weighted by Gasteiger charge is -2.41. The molecule has 2 unspecified atom stereocenters. The second-order valence-corrected chi connectivity index (χ2v) is 11.2. The van der Waals surface area contributed by atoms with Gasteiger partial charge < -0.3 is 19.4 Å². The number of H-pyrrole nitrogens is 1. The summed E-state index contributed by atoms with van der Waals surface area (Å²) in [5.74, 6) is -0.0422. The van der Waals surface area contributed by atoms with Crippen LogP contribution in [0.1, 0.15) is 24.1 Å². The van der Waals surface area contributed by atoms with E-state index in [-0.39, 0.29) is 17.6 Å². The summed E-state index contributed by atoms with van der Waals surface area (Å²) in [5, 5.41) is 0.908. The highest BCUT2D eigenvalue weighted by atomic mass is 19.4. The van der Waals surface area contributed by atoms with Crippen molar-refractivity contribution in [2.24, 2.45) is 5.92 Å². The number of hydrogen-bond donors (Lipinski definition) is 1. The number of ether oxygens (including phenoxy) is 2. The second-order valence-electron chi connectivity index (χ2n) is 11.2. The molecule has 7 rings (SSSR count). The summed E-state index contributed by atoms with van der Waals surface area (Å²) in [4.78, 5) is 34.2. The van der Waals surface area contributed by atoms with Gasteiger partial charge in [-0.1, -0.05) is 30.3 Å². The Morgan fingerprint density at radius 3 is 2.66 bits per heavy atom. The summed E-state index contributed by atoms with van der Waals surface area (Å²) in [6.45, 7) is 3.23. The van der Waals surface area contributed by atoms with Crippen LogP contribution in [-0.2, 0) is 10.9 Å². The number of pyridine rings is 1. The van der Waals surface area contributed by atoms with Crippen molar-refractivity contribution in [2.75, 3.05) is 46.5 Å². The lowest BCUT2D eigenvalue weighted by Crippen LogP contribution is -2.53. The molecule has 2 aliphatic rings. The predicted octanol–water partition coefficient (Wildman–Crippen LogP) is 5.37. The fourth-order valence-corrected chi connectivity index (χ4v) is 6.19. The number of alkyl halides is 3. The zero-order valence-corrected chi connectivity index (χ0v) is 23.9. The van der Waals surface area contributed by atoms with Gasteiger partial charge in [-0.05, 0) is 36.6 Å². The Hall–Kier alpha value is -4.49. The number of imidazole rings is 2.